The van der Waals surface area contributed by atoms with Gasteiger partial charge in [0.15, 0.2) is 5.96 Å². The van der Waals surface area contributed by atoms with Crippen LogP contribution in [0, 0.1) is 0 Å². The van der Waals surface area contributed by atoms with Crippen LogP contribution in [0.25, 0.3) is 0 Å². The molecule has 1 heterocycles. The van der Waals surface area contributed by atoms with E-state index < -0.39 is 0 Å². The lowest BCUT2D eigenvalue weighted by Gasteiger charge is -2.37. The normalized spacial score (nSPS) is 24.2. The van der Waals surface area contributed by atoms with Gasteiger partial charge in [-0.1, -0.05) is 25.7 Å². The van der Waals surface area contributed by atoms with Crippen LogP contribution in [0.5, 0.6) is 0 Å². The summed E-state index contributed by atoms with van der Waals surface area (Å²) < 4.78 is 0. The van der Waals surface area contributed by atoms with Gasteiger partial charge in [-0.05, 0) is 38.5 Å². The number of piperidine rings is 1. The molecule has 6 nitrogen and oxygen atoms in total. The van der Waals surface area contributed by atoms with Crippen LogP contribution in [0.4, 0.5) is 0 Å². The van der Waals surface area contributed by atoms with Crippen LogP contribution < -0.4 is 10.6 Å². The van der Waals surface area contributed by atoms with E-state index in [1.165, 1.54) is 77.3 Å². The predicted octanol–water partition coefficient (Wildman–Crippen LogP) is 1.96. The Morgan fingerprint density at radius 2 is 1.46 bits per heavy atom. The van der Waals surface area contributed by atoms with Crippen LogP contribution in [0.1, 0.15) is 64.2 Å². The number of nitrogens with one attached hydrogen (secondary N) is 2. The first kappa shape index (κ1) is 19.5. The fraction of sp³-hybridized carbons (Fsp3) is 0.900. The molecule has 0 unspecified atom stereocenters. The minimum atomic E-state index is 0.0496. The summed E-state index contributed by atoms with van der Waals surface area (Å²) in [7, 11) is 3.57. The number of carbonyl (C=O) groups excluding carboxylic acids is 1. The molecule has 0 aromatic carbocycles. The van der Waals surface area contributed by atoms with E-state index in [1.807, 2.05) is 0 Å². The zero-order chi connectivity index (χ0) is 18.4. The molecule has 3 rings (SSSR count). The van der Waals surface area contributed by atoms with Gasteiger partial charge in [0.05, 0.1) is 0 Å². The predicted molar refractivity (Wildman–Crippen MR) is 106 cm³/mol. The zero-order valence-corrected chi connectivity index (χ0v) is 16.7. The molecule has 3 fully saturated rings. The molecule has 0 aromatic rings. The molecule has 1 aliphatic heterocycles. The number of carbonyl (C=O) groups is 1. The lowest BCUT2D eigenvalue weighted by atomic mass is 10.0. The summed E-state index contributed by atoms with van der Waals surface area (Å²) in [6.45, 7) is 2.60. The maximum absolute atomic E-state index is 11.9. The monoisotopic (exact) mass is 363 g/mol. The van der Waals surface area contributed by atoms with Gasteiger partial charge >= 0.3 is 0 Å². The average molecular weight is 364 g/mol. The molecule has 0 aromatic heterocycles. The van der Waals surface area contributed by atoms with Gasteiger partial charge < -0.3 is 20.4 Å². The number of hydrogen-bond acceptors (Lipinski definition) is 3. The Morgan fingerprint density at radius 3 is 2.04 bits per heavy atom. The Hall–Kier alpha value is -1.30. The van der Waals surface area contributed by atoms with Gasteiger partial charge in [-0.15, -0.1) is 0 Å². The van der Waals surface area contributed by atoms with Crippen molar-refractivity contribution in [3.8, 4) is 0 Å². The highest BCUT2D eigenvalue weighted by molar-refractivity contribution is 5.85. The van der Waals surface area contributed by atoms with E-state index in [1.54, 1.807) is 19.0 Å². The number of nitrogens with zero attached hydrogens (tertiary/aromatic N) is 3. The first-order valence-electron chi connectivity index (χ1n) is 10.6. The first-order chi connectivity index (χ1) is 12.6. The SMILES string of the molecule is CN(C)C(=O)CN=C(NC1CCCC1)NC1CCN(C2CCCC2)CC1. The lowest BCUT2D eigenvalue weighted by molar-refractivity contribution is -0.127. The van der Waals surface area contributed by atoms with E-state index >= 15 is 0 Å². The van der Waals surface area contributed by atoms with Crippen molar-refractivity contribution in [3.05, 3.63) is 0 Å². The van der Waals surface area contributed by atoms with Gasteiger partial charge in [0.1, 0.15) is 6.54 Å². The highest BCUT2D eigenvalue weighted by Crippen LogP contribution is 2.26. The number of likely N-dealkylation sites (N-methyl/N-ethyl adjacent to an activating group) is 1. The van der Waals surface area contributed by atoms with Crippen LogP contribution in [-0.2, 0) is 4.79 Å². The molecule has 6 heteroatoms. The maximum Gasteiger partial charge on any atom is 0.243 e. The van der Waals surface area contributed by atoms with Gasteiger partial charge in [0.2, 0.25) is 5.91 Å². The Morgan fingerprint density at radius 1 is 0.923 bits per heavy atom. The minimum Gasteiger partial charge on any atom is -0.354 e. The third-order valence-electron chi connectivity index (χ3n) is 6.28. The van der Waals surface area contributed by atoms with Crippen molar-refractivity contribution in [1.29, 1.82) is 0 Å². The average Bonchev–Trinajstić information content (AvgIpc) is 3.34. The minimum absolute atomic E-state index is 0.0496. The summed E-state index contributed by atoms with van der Waals surface area (Å²) >= 11 is 0. The van der Waals surface area contributed by atoms with Gasteiger partial charge in [-0.3, -0.25) is 4.79 Å². The summed E-state index contributed by atoms with van der Waals surface area (Å²) in [6, 6.07) is 1.81. The summed E-state index contributed by atoms with van der Waals surface area (Å²) in [5.74, 6) is 0.889. The molecule has 3 aliphatic rings. The Labute approximate surface area is 158 Å². The second-order valence-corrected chi connectivity index (χ2v) is 8.47. The summed E-state index contributed by atoms with van der Waals surface area (Å²) in [5.41, 5.74) is 0. The molecular formula is C20H37N5O. The largest absolute Gasteiger partial charge is 0.354 e. The molecule has 2 aliphatic carbocycles. The third-order valence-corrected chi connectivity index (χ3v) is 6.28. The molecule has 0 bridgehead atoms. The van der Waals surface area contributed by atoms with Crippen molar-refractivity contribution >= 4 is 11.9 Å². The molecular weight excluding hydrogens is 326 g/mol. The van der Waals surface area contributed by atoms with Gasteiger partial charge in [-0.25, -0.2) is 4.99 Å². The Kier molecular flexibility index (Phi) is 7.17. The van der Waals surface area contributed by atoms with Crippen molar-refractivity contribution in [3.63, 3.8) is 0 Å². The van der Waals surface area contributed by atoms with Crippen molar-refractivity contribution in [1.82, 2.24) is 20.4 Å². The number of guanidine groups is 1. The highest BCUT2D eigenvalue weighted by atomic mass is 16.2. The Bertz CT molecular complexity index is 473. The highest BCUT2D eigenvalue weighted by Gasteiger charge is 2.28. The van der Waals surface area contributed by atoms with Gasteiger partial charge in [0, 0.05) is 45.3 Å². The zero-order valence-electron chi connectivity index (χ0n) is 16.7. The third kappa shape index (κ3) is 5.60. The molecule has 0 spiro atoms. The first-order valence-corrected chi connectivity index (χ1v) is 10.6. The van der Waals surface area contributed by atoms with Crippen molar-refractivity contribution in [2.45, 2.75) is 82.3 Å². The molecule has 1 amide bonds. The summed E-state index contributed by atoms with van der Waals surface area (Å²) in [5, 5.41) is 7.21. The van der Waals surface area contributed by atoms with Crippen molar-refractivity contribution in [2.24, 2.45) is 4.99 Å². The van der Waals surface area contributed by atoms with E-state index in [4.69, 9.17) is 0 Å². The summed E-state index contributed by atoms with van der Waals surface area (Å²) in [6.07, 6.45) is 12.9. The molecule has 148 valence electrons. The fourth-order valence-corrected chi connectivity index (χ4v) is 4.56. The molecule has 2 saturated carbocycles. The van der Waals surface area contributed by atoms with E-state index in [2.05, 4.69) is 20.5 Å². The quantitative estimate of drug-likeness (QED) is 0.579. The smallest absolute Gasteiger partial charge is 0.243 e. The van der Waals surface area contributed by atoms with E-state index in [9.17, 15) is 4.79 Å². The molecule has 0 radical (unpaired) electrons. The van der Waals surface area contributed by atoms with Crippen LogP contribution in [0.3, 0.4) is 0 Å². The number of rotatable bonds is 5. The van der Waals surface area contributed by atoms with Crippen LogP contribution >= 0.6 is 0 Å². The van der Waals surface area contributed by atoms with Crippen molar-refractivity contribution < 1.29 is 4.79 Å². The molecule has 2 N–H and O–H groups in total. The number of amides is 1. The molecule has 1 saturated heterocycles. The second-order valence-electron chi connectivity index (χ2n) is 8.47. The van der Waals surface area contributed by atoms with Crippen LogP contribution in [0.15, 0.2) is 4.99 Å². The van der Waals surface area contributed by atoms with E-state index in [0.717, 1.165) is 12.0 Å². The fourth-order valence-electron chi connectivity index (χ4n) is 4.56. The lowest BCUT2D eigenvalue weighted by Crippen LogP contribution is -2.52. The standard InChI is InChI=1S/C20H37N5O/c1-24(2)19(26)15-21-20(22-16-7-3-4-8-16)23-17-11-13-25(14-12-17)18-9-5-6-10-18/h16-18H,3-15H2,1-2H3,(H2,21,22,23). The van der Waals surface area contributed by atoms with Crippen molar-refractivity contribution in [2.75, 3.05) is 33.7 Å². The number of likely N-dealkylation sites (tertiary alicyclic amines) is 1. The van der Waals surface area contributed by atoms with Crippen LogP contribution in [0.2, 0.25) is 0 Å². The topological polar surface area (TPSA) is 60.0 Å². The van der Waals surface area contributed by atoms with E-state index in [0.29, 0.717) is 12.1 Å². The van der Waals surface area contributed by atoms with Gasteiger partial charge in [-0.2, -0.15) is 0 Å². The molecule has 26 heavy (non-hydrogen) atoms. The summed E-state index contributed by atoms with van der Waals surface area (Å²) in [4.78, 5) is 20.8. The van der Waals surface area contributed by atoms with Crippen LogP contribution in [-0.4, -0.2) is 73.5 Å². The van der Waals surface area contributed by atoms with E-state index in [-0.39, 0.29) is 12.5 Å². The maximum atomic E-state index is 11.9. The second kappa shape index (κ2) is 9.58. The molecule has 0 atom stereocenters. The van der Waals surface area contributed by atoms with Gasteiger partial charge in [0.25, 0.3) is 0 Å². The number of aliphatic imine (C=N–C) groups is 1. The Balaban J connectivity index is 1.51. The number of hydrogen-bond donors (Lipinski definition) is 2.